The van der Waals surface area contributed by atoms with E-state index in [0.717, 1.165) is 10.6 Å². The highest BCUT2D eigenvalue weighted by atomic mass is 32.1. The van der Waals surface area contributed by atoms with E-state index in [1.807, 2.05) is 20.8 Å². The number of benzene rings is 1. The number of rotatable bonds is 2. The second-order valence-corrected chi connectivity index (χ2v) is 7.60. The lowest BCUT2D eigenvalue weighted by Gasteiger charge is -2.20. The van der Waals surface area contributed by atoms with Gasteiger partial charge in [-0.2, -0.15) is 5.10 Å². The summed E-state index contributed by atoms with van der Waals surface area (Å²) in [5, 5.41) is 11.2. The van der Waals surface area contributed by atoms with Gasteiger partial charge in [0.05, 0.1) is 22.3 Å². The van der Waals surface area contributed by atoms with E-state index in [4.69, 9.17) is 0 Å². The van der Waals surface area contributed by atoms with Crippen LogP contribution in [0.2, 0.25) is 0 Å². The zero-order chi connectivity index (χ0) is 15.9. The first-order valence-corrected chi connectivity index (χ1v) is 8.01. The summed E-state index contributed by atoms with van der Waals surface area (Å²) in [5.41, 5.74) is 2.31. The predicted octanol–water partition coefficient (Wildman–Crippen LogP) is 4.13. The van der Waals surface area contributed by atoms with Crippen LogP contribution >= 0.6 is 11.3 Å². The number of hydrogen-bond donors (Lipinski definition) is 2. The molecule has 2 N–H and O–H groups in total. The third-order valence-corrected chi connectivity index (χ3v) is 4.42. The number of aryl methyl sites for hydroxylation is 1. The number of fused-ring (bicyclic) bond motifs is 1. The molecule has 0 bridgehead atoms. The topological polar surface area (TPSA) is 57.8 Å². The number of carbonyl (C=O) groups excluding carboxylic acids is 1. The zero-order valence-corrected chi connectivity index (χ0v) is 14.0. The fraction of sp³-hybridized carbons (Fsp3) is 0.294. The quantitative estimate of drug-likeness (QED) is 0.747. The maximum atomic E-state index is 12.4. The Labute approximate surface area is 133 Å². The number of thiophene rings is 1. The minimum Gasteiger partial charge on any atom is -0.347 e. The molecule has 2 heterocycles. The standard InChI is InChI=1S/C17H19N3OS/c1-10-5-6-13-11(7-10)8-14(22-13)15-12(9-18-20-15)16(21)19-17(2,3)4/h5-9H,1-4H3,(H,18,20)(H,19,21). The normalized spacial score (nSPS) is 11.8. The third kappa shape index (κ3) is 2.90. The van der Waals surface area contributed by atoms with Crippen LogP contribution in [0.4, 0.5) is 0 Å². The van der Waals surface area contributed by atoms with Gasteiger partial charge in [-0.15, -0.1) is 11.3 Å². The number of nitrogens with zero attached hydrogens (tertiary/aromatic N) is 1. The van der Waals surface area contributed by atoms with Crippen molar-refractivity contribution in [2.45, 2.75) is 33.2 Å². The molecule has 4 nitrogen and oxygen atoms in total. The van der Waals surface area contributed by atoms with Crippen molar-refractivity contribution < 1.29 is 4.79 Å². The molecule has 0 unspecified atom stereocenters. The molecule has 1 aromatic carbocycles. The van der Waals surface area contributed by atoms with Gasteiger partial charge in [0, 0.05) is 10.2 Å². The van der Waals surface area contributed by atoms with Gasteiger partial charge in [-0.3, -0.25) is 9.89 Å². The first-order valence-electron chi connectivity index (χ1n) is 7.20. The van der Waals surface area contributed by atoms with Gasteiger partial charge in [0.15, 0.2) is 0 Å². The molecule has 0 fully saturated rings. The number of carbonyl (C=O) groups is 1. The summed E-state index contributed by atoms with van der Waals surface area (Å²) in [5.74, 6) is -0.107. The lowest BCUT2D eigenvalue weighted by molar-refractivity contribution is 0.0920. The molecule has 114 valence electrons. The van der Waals surface area contributed by atoms with E-state index < -0.39 is 0 Å². The minimum atomic E-state index is -0.275. The smallest absolute Gasteiger partial charge is 0.255 e. The van der Waals surface area contributed by atoms with Gasteiger partial charge >= 0.3 is 0 Å². The number of nitrogens with one attached hydrogen (secondary N) is 2. The molecule has 2 aromatic heterocycles. The van der Waals surface area contributed by atoms with Gasteiger partial charge in [0.2, 0.25) is 0 Å². The molecule has 3 rings (SSSR count). The number of aromatic amines is 1. The Morgan fingerprint density at radius 1 is 1.27 bits per heavy atom. The maximum absolute atomic E-state index is 12.4. The second-order valence-electron chi connectivity index (χ2n) is 6.51. The van der Waals surface area contributed by atoms with Crippen molar-refractivity contribution in [1.82, 2.24) is 15.5 Å². The summed E-state index contributed by atoms with van der Waals surface area (Å²) in [6, 6.07) is 8.47. The molecular weight excluding hydrogens is 294 g/mol. The molecule has 0 aliphatic rings. The van der Waals surface area contributed by atoms with Crippen LogP contribution in [-0.2, 0) is 0 Å². The van der Waals surface area contributed by atoms with Crippen LogP contribution in [0.25, 0.3) is 20.7 Å². The molecule has 0 radical (unpaired) electrons. The van der Waals surface area contributed by atoms with Crippen LogP contribution in [0.3, 0.4) is 0 Å². The molecule has 3 aromatic rings. The third-order valence-electron chi connectivity index (χ3n) is 3.29. The van der Waals surface area contributed by atoms with Crippen molar-refractivity contribution in [3.05, 3.63) is 41.6 Å². The van der Waals surface area contributed by atoms with Crippen molar-refractivity contribution >= 4 is 27.3 Å². The van der Waals surface area contributed by atoms with E-state index in [2.05, 4.69) is 46.7 Å². The molecule has 1 amide bonds. The van der Waals surface area contributed by atoms with Gasteiger partial charge < -0.3 is 5.32 Å². The summed E-state index contributed by atoms with van der Waals surface area (Å²) >= 11 is 1.66. The first-order chi connectivity index (χ1) is 10.3. The molecule has 5 heteroatoms. The molecule has 0 saturated carbocycles. The SMILES string of the molecule is Cc1ccc2sc(-c3[nH]ncc3C(=O)NC(C)(C)C)cc2c1. The Bertz CT molecular complexity index is 839. The average Bonchev–Trinajstić information content (AvgIpc) is 3.01. The van der Waals surface area contributed by atoms with Crippen molar-refractivity contribution in [3.63, 3.8) is 0 Å². The fourth-order valence-electron chi connectivity index (χ4n) is 2.34. The van der Waals surface area contributed by atoms with Gasteiger partial charge in [0.1, 0.15) is 0 Å². The minimum absolute atomic E-state index is 0.107. The van der Waals surface area contributed by atoms with E-state index in [1.165, 1.54) is 15.6 Å². The Morgan fingerprint density at radius 3 is 2.77 bits per heavy atom. The van der Waals surface area contributed by atoms with Crippen LogP contribution in [0.1, 0.15) is 36.7 Å². The molecular formula is C17H19N3OS. The molecule has 0 saturated heterocycles. The number of hydrogen-bond acceptors (Lipinski definition) is 3. The highest BCUT2D eigenvalue weighted by Crippen LogP contribution is 2.34. The van der Waals surface area contributed by atoms with Crippen molar-refractivity contribution in [2.24, 2.45) is 0 Å². The lowest BCUT2D eigenvalue weighted by atomic mass is 10.1. The monoisotopic (exact) mass is 313 g/mol. The van der Waals surface area contributed by atoms with Gasteiger partial charge in [-0.05, 0) is 45.2 Å². The van der Waals surface area contributed by atoms with Crippen LogP contribution in [-0.4, -0.2) is 21.6 Å². The number of amides is 1. The molecule has 0 spiro atoms. The average molecular weight is 313 g/mol. The van der Waals surface area contributed by atoms with Crippen LogP contribution in [0, 0.1) is 6.92 Å². The van der Waals surface area contributed by atoms with Crippen LogP contribution in [0.15, 0.2) is 30.5 Å². The number of H-pyrrole nitrogens is 1. The van der Waals surface area contributed by atoms with E-state index in [-0.39, 0.29) is 11.4 Å². The largest absolute Gasteiger partial charge is 0.347 e. The Morgan fingerprint density at radius 2 is 2.05 bits per heavy atom. The summed E-state index contributed by atoms with van der Waals surface area (Å²) in [4.78, 5) is 13.4. The van der Waals surface area contributed by atoms with Crippen molar-refractivity contribution in [3.8, 4) is 10.6 Å². The maximum Gasteiger partial charge on any atom is 0.255 e. The van der Waals surface area contributed by atoms with Crippen LogP contribution in [0.5, 0.6) is 0 Å². The first kappa shape index (κ1) is 14.8. The van der Waals surface area contributed by atoms with Crippen molar-refractivity contribution in [2.75, 3.05) is 0 Å². The Kier molecular flexibility index (Phi) is 3.53. The van der Waals surface area contributed by atoms with E-state index in [9.17, 15) is 4.79 Å². The molecule has 22 heavy (non-hydrogen) atoms. The van der Waals surface area contributed by atoms with E-state index >= 15 is 0 Å². The van der Waals surface area contributed by atoms with Gasteiger partial charge in [0.25, 0.3) is 5.91 Å². The fourth-order valence-corrected chi connectivity index (χ4v) is 3.39. The Hall–Kier alpha value is -2.14. The predicted molar refractivity (Wildman–Crippen MR) is 91.4 cm³/mol. The lowest BCUT2D eigenvalue weighted by Crippen LogP contribution is -2.40. The Balaban J connectivity index is 2.01. The zero-order valence-electron chi connectivity index (χ0n) is 13.2. The second kappa shape index (κ2) is 5.25. The van der Waals surface area contributed by atoms with E-state index in [1.54, 1.807) is 17.5 Å². The summed E-state index contributed by atoms with van der Waals surface area (Å²) in [6.07, 6.45) is 1.59. The summed E-state index contributed by atoms with van der Waals surface area (Å²) in [7, 11) is 0. The van der Waals surface area contributed by atoms with Gasteiger partial charge in [-0.25, -0.2) is 0 Å². The molecule has 0 atom stereocenters. The molecule has 0 aliphatic heterocycles. The van der Waals surface area contributed by atoms with Gasteiger partial charge in [-0.1, -0.05) is 17.7 Å². The van der Waals surface area contributed by atoms with Crippen LogP contribution < -0.4 is 5.32 Å². The highest BCUT2D eigenvalue weighted by Gasteiger charge is 2.21. The van der Waals surface area contributed by atoms with Crippen molar-refractivity contribution in [1.29, 1.82) is 0 Å². The molecule has 0 aliphatic carbocycles. The number of aromatic nitrogens is 2. The summed E-state index contributed by atoms with van der Waals surface area (Å²) < 4.78 is 1.21. The summed E-state index contributed by atoms with van der Waals surface area (Å²) in [6.45, 7) is 7.97. The van der Waals surface area contributed by atoms with E-state index in [0.29, 0.717) is 5.56 Å². The highest BCUT2D eigenvalue weighted by molar-refractivity contribution is 7.22.